The van der Waals surface area contributed by atoms with Crippen LogP contribution in [0.2, 0.25) is 0 Å². The molecule has 5 rings (SSSR count). The number of thiazole rings is 1. The molecule has 3 heterocycles. The fraction of sp³-hybridized carbons (Fsp3) is 0.520. The van der Waals surface area contributed by atoms with Crippen molar-refractivity contribution in [2.75, 3.05) is 19.6 Å². The summed E-state index contributed by atoms with van der Waals surface area (Å²) in [6.45, 7) is 8.24. The number of likely N-dealkylation sites (tertiary alicyclic amines) is 1. The van der Waals surface area contributed by atoms with Crippen LogP contribution in [0.15, 0.2) is 23.6 Å². The van der Waals surface area contributed by atoms with E-state index in [1.54, 1.807) is 11.3 Å². The molecule has 0 spiro atoms. The van der Waals surface area contributed by atoms with Crippen molar-refractivity contribution >= 4 is 28.1 Å². The lowest BCUT2D eigenvalue weighted by Crippen LogP contribution is -2.38. The number of hydrogen-bond acceptors (Lipinski definition) is 4. The van der Waals surface area contributed by atoms with Gasteiger partial charge < -0.3 is 10.3 Å². The summed E-state index contributed by atoms with van der Waals surface area (Å²) in [4.78, 5) is 23.7. The smallest absolute Gasteiger partial charge is 0.253 e. The average molecular weight is 437 g/mol. The van der Waals surface area contributed by atoms with E-state index in [0.29, 0.717) is 5.92 Å². The summed E-state index contributed by atoms with van der Waals surface area (Å²) in [5.74, 6) is 1.32. The summed E-state index contributed by atoms with van der Waals surface area (Å²) in [5.41, 5.74) is 5.75. The van der Waals surface area contributed by atoms with Gasteiger partial charge >= 0.3 is 0 Å². The van der Waals surface area contributed by atoms with Crippen LogP contribution in [0.5, 0.6) is 0 Å². The monoisotopic (exact) mass is 436 g/mol. The summed E-state index contributed by atoms with van der Waals surface area (Å²) >= 11 is 1.72. The van der Waals surface area contributed by atoms with Crippen molar-refractivity contribution in [2.45, 2.75) is 52.5 Å². The van der Waals surface area contributed by atoms with Gasteiger partial charge in [-0.25, -0.2) is 4.98 Å². The number of aromatic nitrogens is 2. The van der Waals surface area contributed by atoms with E-state index in [4.69, 9.17) is 0 Å². The van der Waals surface area contributed by atoms with Crippen LogP contribution < -0.4 is 5.32 Å². The molecule has 6 heteroatoms. The number of aryl methyl sites for hydroxylation is 2. The molecule has 0 radical (unpaired) electrons. The number of nitrogens with one attached hydrogen (secondary N) is 2. The number of fused-ring (bicyclic) bond motifs is 3. The molecule has 1 aliphatic heterocycles. The molecule has 164 valence electrons. The van der Waals surface area contributed by atoms with Gasteiger partial charge in [0.2, 0.25) is 0 Å². The second-order valence-corrected chi connectivity index (χ2v) is 10.5. The van der Waals surface area contributed by atoms with Gasteiger partial charge in [-0.15, -0.1) is 11.3 Å². The molecule has 2 N–H and O–H groups in total. The highest BCUT2D eigenvalue weighted by atomic mass is 32.1. The van der Waals surface area contributed by atoms with Crippen molar-refractivity contribution < 1.29 is 4.79 Å². The lowest BCUT2D eigenvalue weighted by atomic mass is 9.87. The van der Waals surface area contributed by atoms with Crippen molar-refractivity contribution in [1.82, 2.24) is 20.2 Å². The SMILES string of the molecule is Cc1nc(CN2CCC(CNC(=O)c3cccc4c5c([nH]c34)CCC(C)C5)CC2)cs1. The number of carbonyl (C=O) groups excluding carboxylic acids is 1. The zero-order valence-electron chi connectivity index (χ0n) is 18.5. The maximum atomic E-state index is 13.0. The van der Waals surface area contributed by atoms with Crippen LogP contribution in [-0.4, -0.2) is 40.4 Å². The molecule has 0 saturated carbocycles. The number of hydrogen-bond donors (Lipinski definition) is 2. The Bertz CT molecular complexity index is 1080. The molecule has 31 heavy (non-hydrogen) atoms. The Labute approximate surface area is 188 Å². The van der Waals surface area contributed by atoms with Crippen LogP contribution in [0.3, 0.4) is 0 Å². The van der Waals surface area contributed by atoms with Crippen LogP contribution >= 0.6 is 11.3 Å². The largest absolute Gasteiger partial charge is 0.358 e. The minimum absolute atomic E-state index is 0.0534. The molecule has 3 aromatic rings. The lowest BCUT2D eigenvalue weighted by Gasteiger charge is -2.31. The number of rotatable bonds is 5. The molecule has 1 unspecified atom stereocenters. The first kappa shape index (κ1) is 20.7. The number of aromatic amines is 1. The van der Waals surface area contributed by atoms with E-state index in [2.05, 4.69) is 45.5 Å². The number of carbonyl (C=O) groups is 1. The number of nitrogens with zero attached hydrogens (tertiary/aromatic N) is 2. The molecule has 2 aromatic heterocycles. The summed E-state index contributed by atoms with van der Waals surface area (Å²) in [6.07, 6.45) is 5.68. The molecule has 0 bridgehead atoms. The van der Waals surface area contributed by atoms with Crippen LogP contribution in [0.1, 0.15) is 58.5 Å². The molecule has 1 amide bonds. The first-order valence-electron chi connectivity index (χ1n) is 11.6. The highest BCUT2D eigenvalue weighted by Gasteiger charge is 2.24. The van der Waals surface area contributed by atoms with E-state index in [1.807, 2.05) is 12.1 Å². The van der Waals surface area contributed by atoms with Crippen LogP contribution in [0.25, 0.3) is 10.9 Å². The predicted octanol–water partition coefficient (Wildman–Crippen LogP) is 4.70. The van der Waals surface area contributed by atoms with E-state index >= 15 is 0 Å². The number of para-hydroxylation sites is 1. The Morgan fingerprint density at radius 1 is 1.29 bits per heavy atom. The van der Waals surface area contributed by atoms with Gasteiger partial charge in [0, 0.05) is 29.5 Å². The number of amides is 1. The minimum atomic E-state index is 0.0534. The highest BCUT2D eigenvalue weighted by Crippen LogP contribution is 2.33. The third kappa shape index (κ3) is 4.41. The van der Waals surface area contributed by atoms with Gasteiger partial charge in [-0.1, -0.05) is 19.1 Å². The number of H-pyrrole nitrogens is 1. The Morgan fingerprint density at radius 3 is 2.90 bits per heavy atom. The van der Waals surface area contributed by atoms with Gasteiger partial charge in [0.25, 0.3) is 5.91 Å². The molecule has 1 atom stereocenters. The summed E-state index contributed by atoms with van der Waals surface area (Å²) in [7, 11) is 0. The topological polar surface area (TPSA) is 61.0 Å². The predicted molar refractivity (Wildman–Crippen MR) is 127 cm³/mol. The zero-order chi connectivity index (χ0) is 21.4. The molecular formula is C25H32N4OS. The molecule has 2 aliphatic rings. The molecule has 1 aromatic carbocycles. The van der Waals surface area contributed by atoms with Gasteiger partial charge in [-0.3, -0.25) is 9.69 Å². The Balaban J connectivity index is 1.18. The van der Waals surface area contributed by atoms with E-state index in [-0.39, 0.29) is 5.91 Å². The van der Waals surface area contributed by atoms with E-state index < -0.39 is 0 Å². The van der Waals surface area contributed by atoms with Crippen LogP contribution in [-0.2, 0) is 19.4 Å². The third-order valence-corrected chi connectivity index (χ3v) is 7.85. The quantitative estimate of drug-likeness (QED) is 0.609. The average Bonchev–Trinajstić information content (AvgIpc) is 3.35. The molecule has 1 saturated heterocycles. The zero-order valence-corrected chi connectivity index (χ0v) is 19.4. The van der Waals surface area contributed by atoms with Crippen LogP contribution in [0.4, 0.5) is 0 Å². The Morgan fingerprint density at radius 2 is 2.13 bits per heavy atom. The molecule has 1 fully saturated rings. The second-order valence-electron chi connectivity index (χ2n) is 9.45. The fourth-order valence-electron chi connectivity index (χ4n) is 5.20. The van der Waals surface area contributed by atoms with E-state index in [0.717, 1.165) is 73.9 Å². The first-order valence-corrected chi connectivity index (χ1v) is 12.5. The van der Waals surface area contributed by atoms with E-state index in [1.165, 1.54) is 28.8 Å². The van der Waals surface area contributed by atoms with Gasteiger partial charge in [0.05, 0.1) is 21.8 Å². The summed E-state index contributed by atoms with van der Waals surface area (Å²) in [5, 5.41) is 7.77. The molecule has 1 aliphatic carbocycles. The van der Waals surface area contributed by atoms with Crippen molar-refractivity contribution in [2.24, 2.45) is 11.8 Å². The second kappa shape index (κ2) is 8.75. The minimum Gasteiger partial charge on any atom is -0.358 e. The van der Waals surface area contributed by atoms with Crippen LogP contribution in [0, 0.1) is 18.8 Å². The molecular weight excluding hydrogens is 404 g/mol. The third-order valence-electron chi connectivity index (χ3n) is 7.02. The number of piperidine rings is 1. The maximum absolute atomic E-state index is 13.0. The maximum Gasteiger partial charge on any atom is 0.253 e. The van der Waals surface area contributed by atoms with Gasteiger partial charge in [-0.2, -0.15) is 0 Å². The van der Waals surface area contributed by atoms with Crippen molar-refractivity contribution in [3.8, 4) is 0 Å². The Hall–Kier alpha value is -2.18. The van der Waals surface area contributed by atoms with E-state index in [9.17, 15) is 4.79 Å². The van der Waals surface area contributed by atoms with Crippen molar-refractivity contribution in [3.05, 3.63) is 51.1 Å². The van der Waals surface area contributed by atoms with Crippen molar-refractivity contribution in [1.29, 1.82) is 0 Å². The fourth-order valence-corrected chi connectivity index (χ4v) is 5.80. The standard InChI is InChI=1S/C25H32N4OS/c1-16-6-7-23-22(12-16)20-4-3-5-21(24(20)28-23)25(30)26-13-18-8-10-29(11-9-18)14-19-15-31-17(2)27-19/h3-5,15-16,18,28H,6-14H2,1-2H3,(H,26,30). The van der Waals surface area contributed by atoms with Gasteiger partial charge in [0.1, 0.15) is 0 Å². The Kier molecular flexibility index (Phi) is 5.85. The van der Waals surface area contributed by atoms with Crippen molar-refractivity contribution in [3.63, 3.8) is 0 Å². The summed E-state index contributed by atoms with van der Waals surface area (Å²) in [6, 6.07) is 6.16. The van der Waals surface area contributed by atoms with Gasteiger partial charge in [0.15, 0.2) is 0 Å². The molecule has 5 nitrogen and oxygen atoms in total. The number of benzene rings is 1. The normalized spacial score (nSPS) is 20.1. The first-order chi connectivity index (χ1) is 15.1. The van der Waals surface area contributed by atoms with Gasteiger partial charge in [-0.05, 0) is 75.6 Å². The summed E-state index contributed by atoms with van der Waals surface area (Å²) < 4.78 is 0. The highest BCUT2D eigenvalue weighted by molar-refractivity contribution is 7.09. The lowest BCUT2D eigenvalue weighted by molar-refractivity contribution is 0.0936.